The molecule has 0 saturated heterocycles. The Balaban J connectivity index is 1.80. The number of ether oxygens (including phenoxy) is 2. The molecule has 1 atom stereocenters. The summed E-state index contributed by atoms with van der Waals surface area (Å²) in [4.78, 5) is 0. The third-order valence-corrected chi connectivity index (χ3v) is 3.84. The second kappa shape index (κ2) is 8.44. The van der Waals surface area contributed by atoms with Gasteiger partial charge >= 0.3 is 0 Å². The maximum atomic E-state index is 5.92. The normalized spacial score (nSPS) is 12.0. The summed E-state index contributed by atoms with van der Waals surface area (Å²) in [5.74, 6) is 2.06. The lowest BCUT2D eigenvalue weighted by Crippen LogP contribution is -2.13. The van der Waals surface area contributed by atoms with E-state index in [1.54, 1.807) is 7.11 Å². The quantitative estimate of drug-likeness (QED) is 0.752. The van der Waals surface area contributed by atoms with Crippen molar-refractivity contribution in [2.24, 2.45) is 5.73 Å². The van der Waals surface area contributed by atoms with Crippen LogP contribution >= 0.6 is 0 Å². The van der Waals surface area contributed by atoms with Crippen molar-refractivity contribution in [2.45, 2.75) is 25.7 Å². The second-order valence-electron chi connectivity index (χ2n) is 5.51. The molecule has 0 aromatic heterocycles. The number of benzene rings is 2. The zero-order chi connectivity index (χ0) is 15.8. The Labute approximate surface area is 133 Å². The van der Waals surface area contributed by atoms with Crippen LogP contribution in [0.1, 0.15) is 29.9 Å². The van der Waals surface area contributed by atoms with E-state index in [2.05, 4.69) is 31.2 Å². The van der Waals surface area contributed by atoms with Crippen molar-refractivity contribution in [1.29, 1.82) is 0 Å². The highest BCUT2D eigenvalue weighted by molar-refractivity contribution is 5.32. The van der Waals surface area contributed by atoms with Gasteiger partial charge in [0.2, 0.25) is 0 Å². The molecule has 0 amide bonds. The molecule has 0 aliphatic rings. The molecule has 0 fully saturated rings. The molecule has 0 aliphatic heterocycles. The zero-order valence-electron chi connectivity index (χ0n) is 13.4. The highest BCUT2D eigenvalue weighted by Gasteiger charge is 2.09. The summed E-state index contributed by atoms with van der Waals surface area (Å²) < 4.78 is 11.0. The van der Waals surface area contributed by atoms with Crippen LogP contribution in [-0.2, 0) is 0 Å². The van der Waals surface area contributed by atoms with E-state index in [1.807, 2.05) is 24.3 Å². The Hall–Kier alpha value is -2.00. The molecule has 118 valence electrons. The lowest BCUT2D eigenvalue weighted by Gasteiger charge is -2.16. The van der Waals surface area contributed by atoms with E-state index in [4.69, 9.17) is 15.2 Å². The lowest BCUT2D eigenvalue weighted by molar-refractivity contribution is 0.299. The third-order valence-electron chi connectivity index (χ3n) is 3.84. The summed E-state index contributed by atoms with van der Waals surface area (Å²) in [7, 11) is 1.66. The Bertz CT molecular complexity index is 566. The standard InChI is InChI=1S/C19H25NO2/c1-15-8-10-16(11-9-15)17(14-20)5-4-12-22-19-7-3-6-18(13-19)21-2/h3,6-11,13,17H,4-5,12,14,20H2,1-2H3. The van der Waals surface area contributed by atoms with Crippen molar-refractivity contribution < 1.29 is 9.47 Å². The summed E-state index contributed by atoms with van der Waals surface area (Å²) in [5, 5.41) is 0. The van der Waals surface area contributed by atoms with Gasteiger partial charge in [-0.05, 0) is 49.9 Å². The molecule has 3 heteroatoms. The van der Waals surface area contributed by atoms with E-state index in [0.29, 0.717) is 19.1 Å². The first-order valence-electron chi connectivity index (χ1n) is 7.76. The lowest BCUT2D eigenvalue weighted by atomic mass is 9.94. The van der Waals surface area contributed by atoms with Gasteiger partial charge in [-0.2, -0.15) is 0 Å². The predicted octanol–water partition coefficient (Wildman–Crippen LogP) is 3.91. The van der Waals surface area contributed by atoms with Crippen LogP contribution < -0.4 is 15.2 Å². The molecule has 3 nitrogen and oxygen atoms in total. The van der Waals surface area contributed by atoms with Gasteiger partial charge in [0.1, 0.15) is 11.5 Å². The second-order valence-corrected chi connectivity index (χ2v) is 5.51. The molecule has 0 heterocycles. The van der Waals surface area contributed by atoms with Gasteiger partial charge in [0, 0.05) is 6.07 Å². The van der Waals surface area contributed by atoms with E-state index in [9.17, 15) is 0 Å². The van der Waals surface area contributed by atoms with Gasteiger partial charge < -0.3 is 15.2 Å². The molecule has 2 aromatic rings. The van der Waals surface area contributed by atoms with E-state index in [0.717, 1.165) is 24.3 Å². The maximum Gasteiger partial charge on any atom is 0.122 e. The third kappa shape index (κ3) is 4.78. The summed E-state index contributed by atoms with van der Waals surface area (Å²) in [5.41, 5.74) is 8.51. The van der Waals surface area contributed by atoms with E-state index in [1.165, 1.54) is 11.1 Å². The van der Waals surface area contributed by atoms with Crippen LogP contribution in [0, 0.1) is 6.92 Å². The van der Waals surface area contributed by atoms with Crippen LogP contribution in [0.15, 0.2) is 48.5 Å². The van der Waals surface area contributed by atoms with Gasteiger partial charge in [0.05, 0.1) is 13.7 Å². The molecule has 1 unspecified atom stereocenters. The summed E-state index contributed by atoms with van der Waals surface area (Å²) in [6.45, 7) is 3.46. The smallest absolute Gasteiger partial charge is 0.122 e. The van der Waals surface area contributed by atoms with Crippen LogP contribution in [0.2, 0.25) is 0 Å². The predicted molar refractivity (Wildman–Crippen MR) is 90.7 cm³/mol. The summed E-state index contributed by atoms with van der Waals surface area (Å²) >= 11 is 0. The van der Waals surface area contributed by atoms with Gasteiger partial charge in [-0.25, -0.2) is 0 Å². The van der Waals surface area contributed by atoms with Crippen LogP contribution in [0.3, 0.4) is 0 Å². The van der Waals surface area contributed by atoms with E-state index >= 15 is 0 Å². The van der Waals surface area contributed by atoms with Crippen LogP contribution in [-0.4, -0.2) is 20.3 Å². The zero-order valence-corrected chi connectivity index (χ0v) is 13.4. The van der Waals surface area contributed by atoms with Crippen LogP contribution in [0.4, 0.5) is 0 Å². The van der Waals surface area contributed by atoms with Crippen LogP contribution in [0.5, 0.6) is 11.5 Å². The van der Waals surface area contributed by atoms with Crippen molar-refractivity contribution in [3.05, 3.63) is 59.7 Å². The van der Waals surface area contributed by atoms with Crippen molar-refractivity contribution in [3.8, 4) is 11.5 Å². The Kier molecular flexibility index (Phi) is 6.28. The highest BCUT2D eigenvalue weighted by Crippen LogP contribution is 2.22. The SMILES string of the molecule is COc1cccc(OCCCC(CN)c2ccc(C)cc2)c1. The van der Waals surface area contributed by atoms with Gasteiger partial charge in [0.15, 0.2) is 0 Å². The van der Waals surface area contributed by atoms with Crippen molar-refractivity contribution in [2.75, 3.05) is 20.3 Å². The van der Waals surface area contributed by atoms with Crippen LogP contribution in [0.25, 0.3) is 0 Å². The number of aryl methyl sites for hydroxylation is 1. The molecule has 0 bridgehead atoms. The van der Waals surface area contributed by atoms with Crippen molar-refractivity contribution in [3.63, 3.8) is 0 Å². The first kappa shape index (κ1) is 16.4. The molecule has 0 spiro atoms. The monoisotopic (exact) mass is 299 g/mol. The molecular weight excluding hydrogens is 274 g/mol. The van der Waals surface area contributed by atoms with Gasteiger partial charge in [0.25, 0.3) is 0 Å². The Morgan fingerprint density at radius 3 is 2.45 bits per heavy atom. The minimum atomic E-state index is 0.398. The fourth-order valence-corrected chi connectivity index (χ4v) is 2.47. The highest BCUT2D eigenvalue weighted by atomic mass is 16.5. The first-order chi connectivity index (χ1) is 10.7. The molecule has 0 saturated carbocycles. The van der Waals surface area contributed by atoms with E-state index < -0.39 is 0 Å². The molecule has 0 aliphatic carbocycles. The topological polar surface area (TPSA) is 44.5 Å². The minimum Gasteiger partial charge on any atom is -0.497 e. The molecule has 2 aromatic carbocycles. The largest absolute Gasteiger partial charge is 0.497 e. The maximum absolute atomic E-state index is 5.92. The first-order valence-corrected chi connectivity index (χ1v) is 7.76. The Morgan fingerprint density at radius 2 is 1.77 bits per heavy atom. The van der Waals surface area contributed by atoms with Gasteiger partial charge in [-0.3, -0.25) is 0 Å². The van der Waals surface area contributed by atoms with Gasteiger partial charge in [-0.15, -0.1) is 0 Å². The number of nitrogens with two attached hydrogens (primary N) is 1. The molecule has 0 radical (unpaired) electrons. The molecule has 22 heavy (non-hydrogen) atoms. The number of hydrogen-bond acceptors (Lipinski definition) is 3. The average Bonchev–Trinajstić information content (AvgIpc) is 2.56. The summed E-state index contributed by atoms with van der Waals surface area (Å²) in [6, 6.07) is 16.3. The van der Waals surface area contributed by atoms with Gasteiger partial charge in [-0.1, -0.05) is 35.9 Å². The fraction of sp³-hybridized carbons (Fsp3) is 0.368. The molecular formula is C19H25NO2. The van der Waals surface area contributed by atoms with Crippen molar-refractivity contribution >= 4 is 0 Å². The number of rotatable bonds is 8. The molecule has 2 rings (SSSR count). The fourth-order valence-electron chi connectivity index (χ4n) is 2.47. The van der Waals surface area contributed by atoms with E-state index in [-0.39, 0.29) is 0 Å². The van der Waals surface area contributed by atoms with Crippen molar-refractivity contribution in [1.82, 2.24) is 0 Å². The Morgan fingerprint density at radius 1 is 1.05 bits per heavy atom. The molecule has 2 N–H and O–H groups in total. The number of methoxy groups -OCH3 is 1. The average molecular weight is 299 g/mol. The minimum absolute atomic E-state index is 0.398. The number of hydrogen-bond donors (Lipinski definition) is 1. The summed E-state index contributed by atoms with van der Waals surface area (Å²) in [6.07, 6.45) is 2.01.